The van der Waals surface area contributed by atoms with E-state index in [2.05, 4.69) is 15.5 Å². The number of nitrogens with zero attached hydrogens (tertiary/aromatic N) is 3. The topological polar surface area (TPSA) is 133 Å². The summed E-state index contributed by atoms with van der Waals surface area (Å²) in [6, 6.07) is 6.18. The largest absolute Gasteiger partial charge is 0.360 e. The van der Waals surface area contributed by atoms with Gasteiger partial charge in [0.15, 0.2) is 11.0 Å². The van der Waals surface area contributed by atoms with Gasteiger partial charge >= 0.3 is 0 Å². The molecule has 0 unspecified atom stereocenters. The number of sulfonamides is 1. The molecule has 2 heterocycles. The summed E-state index contributed by atoms with van der Waals surface area (Å²) in [5.74, 6) is 0.712. The third kappa shape index (κ3) is 4.15. The molecule has 1 amide bonds. The molecule has 0 bridgehead atoms. The van der Waals surface area contributed by atoms with Crippen LogP contribution in [0.4, 0.5) is 5.82 Å². The summed E-state index contributed by atoms with van der Waals surface area (Å²) in [5, 5.41) is 11.8. The molecule has 0 aliphatic carbocycles. The summed E-state index contributed by atoms with van der Waals surface area (Å²) in [4.78, 5) is 16.9. The number of fused-ring (bicyclic) bond motifs is 1. The molecule has 0 spiro atoms. The number of carbonyl (C=O) groups is 1. The third-order valence-electron chi connectivity index (χ3n) is 3.86. The Morgan fingerprint density at radius 2 is 2.15 bits per heavy atom. The van der Waals surface area contributed by atoms with Crippen LogP contribution in [0.15, 0.2) is 38.8 Å². The fraction of sp³-hybridized carbons (Fsp3) is 0.312. The van der Waals surface area contributed by atoms with E-state index in [-0.39, 0.29) is 10.8 Å². The second-order valence-electron chi connectivity index (χ2n) is 5.91. The molecule has 9 nitrogen and oxygen atoms in total. The molecular formula is C16H19N5O4S2. The minimum atomic E-state index is -3.81. The maximum Gasteiger partial charge on any atom is 0.238 e. The number of rotatable bonds is 6. The van der Waals surface area contributed by atoms with Gasteiger partial charge in [-0.05, 0) is 39.0 Å². The number of primary sulfonamides is 1. The fourth-order valence-corrected chi connectivity index (χ4v) is 4.05. The second-order valence-corrected chi connectivity index (χ2v) is 8.78. The molecule has 0 fully saturated rings. The Kier molecular flexibility index (Phi) is 5.27. The Hall–Kier alpha value is -2.37. The summed E-state index contributed by atoms with van der Waals surface area (Å²) in [7, 11) is -3.81. The quantitative estimate of drug-likeness (QED) is 0.596. The second kappa shape index (κ2) is 7.33. The summed E-state index contributed by atoms with van der Waals surface area (Å²) in [6.45, 7) is 6.05. The van der Waals surface area contributed by atoms with Crippen LogP contribution in [0.25, 0.3) is 11.0 Å². The van der Waals surface area contributed by atoms with E-state index >= 15 is 0 Å². The lowest BCUT2D eigenvalue weighted by atomic mass is 10.3. The van der Waals surface area contributed by atoms with Crippen LogP contribution in [0.5, 0.6) is 0 Å². The number of nitrogens with one attached hydrogen (secondary N) is 1. The standard InChI is InChI=1S/C16H19N5O4S2/c1-4-21-13-6-5-11(27(17,23)24)8-12(13)18-16(21)26-10(3)15(22)19-14-7-9(2)25-20-14/h5-8,10H,4H2,1-3H3,(H2,17,23,24)(H,19,20,22)/t10-/m1/s1. The first-order valence-corrected chi connectivity index (χ1v) is 10.6. The average molecular weight is 409 g/mol. The zero-order valence-electron chi connectivity index (χ0n) is 15.0. The molecule has 0 aliphatic heterocycles. The molecule has 27 heavy (non-hydrogen) atoms. The summed E-state index contributed by atoms with van der Waals surface area (Å²) in [6.07, 6.45) is 0. The first kappa shape index (κ1) is 19.4. The van der Waals surface area contributed by atoms with Crippen molar-refractivity contribution in [3.63, 3.8) is 0 Å². The molecule has 0 radical (unpaired) electrons. The van der Waals surface area contributed by atoms with E-state index < -0.39 is 15.3 Å². The van der Waals surface area contributed by atoms with Crippen molar-refractivity contribution < 1.29 is 17.7 Å². The number of thioether (sulfide) groups is 1. The number of nitrogens with two attached hydrogens (primary N) is 1. The van der Waals surface area contributed by atoms with Crippen LogP contribution in [0, 0.1) is 6.92 Å². The van der Waals surface area contributed by atoms with E-state index in [0.717, 1.165) is 5.52 Å². The Bertz CT molecular complexity index is 1100. The highest BCUT2D eigenvalue weighted by molar-refractivity contribution is 8.00. The predicted molar refractivity (Wildman–Crippen MR) is 102 cm³/mol. The number of aromatic nitrogens is 3. The highest BCUT2D eigenvalue weighted by atomic mass is 32.2. The number of hydrogen-bond donors (Lipinski definition) is 2. The summed E-state index contributed by atoms with van der Waals surface area (Å²) < 4.78 is 29.9. The third-order valence-corrected chi connectivity index (χ3v) is 5.86. The lowest BCUT2D eigenvalue weighted by Gasteiger charge is -2.11. The van der Waals surface area contributed by atoms with Gasteiger partial charge in [0, 0.05) is 12.6 Å². The van der Waals surface area contributed by atoms with Crippen LogP contribution < -0.4 is 10.5 Å². The Morgan fingerprint density at radius 1 is 1.41 bits per heavy atom. The molecule has 11 heteroatoms. The van der Waals surface area contributed by atoms with Crippen molar-refractivity contribution in [2.45, 2.75) is 42.6 Å². The number of anilines is 1. The zero-order valence-corrected chi connectivity index (χ0v) is 16.6. The average Bonchev–Trinajstić information content (AvgIpc) is 3.15. The number of aryl methyl sites for hydroxylation is 2. The number of hydrogen-bond acceptors (Lipinski definition) is 7. The molecule has 3 rings (SSSR count). The maximum absolute atomic E-state index is 12.4. The molecule has 0 saturated heterocycles. The normalized spacial score (nSPS) is 13.0. The van der Waals surface area contributed by atoms with Gasteiger partial charge in [-0.2, -0.15) is 0 Å². The first-order chi connectivity index (χ1) is 12.7. The van der Waals surface area contributed by atoms with E-state index in [0.29, 0.717) is 28.8 Å². The molecule has 3 aromatic rings. The Labute approximate surface area is 160 Å². The van der Waals surface area contributed by atoms with E-state index in [1.54, 1.807) is 26.0 Å². The van der Waals surface area contributed by atoms with Crippen molar-refractivity contribution in [2.24, 2.45) is 5.14 Å². The van der Waals surface area contributed by atoms with Gasteiger partial charge in [-0.15, -0.1) is 0 Å². The molecule has 2 aromatic heterocycles. The summed E-state index contributed by atoms with van der Waals surface area (Å²) >= 11 is 1.27. The van der Waals surface area contributed by atoms with Gasteiger partial charge in [0.2, 0.25) is 15.9 Å². The fourth-order valence-electron chi connectivity index (χ4n) is 2.52. The van der Waals surface area contributed by atoms with Crippen molar-refractivity contribution >= 4 is 44.5 Å². The van der Waals surface area contributed by atoms with E-state index in [4.69, 9.17) is 9.66 Å². The smallest absolute Gasteiger partial charge is 0.238 e. The van der Waals surface area contributed by atoms with Crippen LogP contribution in [0.1, 0.15) is 19.6 Å². The SMILES string of the molecule is CCn1c(S[C@H](C)C(=O)Nc2cc(C)on2)nc2cc(S(N)(=O)=O)ccc21. The minimum absolute atomic E-state index is 0.000466. The Morgan fingerprint density at radius 3 is 2.74 bits per heavy atom. The van der Waals surface area contributed by atoms with E-state index in [1.165, 1.54) is 23.9 Å². The molecule has 0 saturated carbocycles. The highest BCUT2D eigenvalue weighted by Crippen LogP contribution is 2.29. The number of imidazole rings is 1. The maximum atomic E-state index is 12.4. The van der Waals surface area contributed by atoms with Crippen LogP contribution in [-0.2, 0) is 21.4 Å². The van der Waals surface area contributed by atoms with Gasteiger partial charge < -0.3 is 14.4 Å². The van der Waals surface area contributed by atoms with Gasteiger partial charge in [0.1, 0.15) is 5.76 Å². The minimum Gasteiger partial charge on any atom is -0.360 e. The van der Waals surface area contributed by atoms with Crippen molar-refractivity contribution in [1.29, 1.82) is 0 Å². The van der Waals surface area contributed by atoms with Gasteiger partial charge in [-0.25, -0.2) is 18.5 Å². The van der Waals surface area contributed by atoms with Crippen LogP contribution in [-0.4, -0.2) is 34.3 Å². The lowest BCUT2D eigenvalue weighted by Crippen LogP contribution is -2.23. The lowest BCUT2D eigenvalue weighted by molar-refractivity contribution is -0.115. The number of amides is 1. The highest BCUT2D eigenvalue weighted by Gasteiger charge is 2.21. The number of benzene rings is 1. The monoisotopic (exact) mass is 409 g/mol. The molecule has 144 valence electrons. The molecule has 3 N–H and O–H groups in total. The molecule has 1 atom stereocenters. The van der Waals surface area contributed by atoms with Crippen LogP contribution in [0.2, 0.25) is 0 Å². The van der Waals surface area contributed by atoms with Gasteiger partial charge in [0.25, 0.3) is 0 Å². The molecule has 0 aliphatic rings. The summed E-state index contributed by atoms with van der Waals surface area (Å²) in [5.41, 5.74) is 1.28. The van der Waals surface area contributed by atoms with Crippen LogP contribution >= 0.6 is 11.8 Å². The predicted octanol–water partition coefficient (Wildman–Crippen LogP) is 2.12. The zero-order chi connectivity index (χ0) is 19.8. The van der Waals surface area contributed by atoms with E-state index in [1.807, 2.05) is 11.5 Å². The van der Waals surface area contributed by atoms with Crippen molar-refractivity contribution in [2.75, 3.05) is 5.32 Å². The van der Waals surface area contributed by atoms with Crippen molar-refractivity contribution in [1.82, 2.24) is 14.7 Å². The van der Waals surface area contributed by atoms with Crippen molar-refractivity contribution in [3.05, 3.63) is 30.0 Å². The van der Waals surface area contributed by atoms with Gasteiger partial charge in [-0.1, -0.05) is 16.9 Å². The number of carbonyl (C=O) groups excluding carboxylic acids is 1. The molecular weight excluding hydrogens is 390 g/mol. The molecule has 1 aromatic carbocycles. The van der Waals surface area contributed by atoms with E-state index in [9.17, 15) is 13.2 Å². The Balaban J connectivity index is 1.85. The van der Waals surface area contributed by atoms with Crippen molar-refractivity contribution in [3.8, 4) is 0 Å². The van der Waals surface area contributed by atoms with Gasteiger partial charge in [-0.3, -0.25) is 4.79 Å². The first-order valence-electron chi connectivity index (χ1n) is 8.13. The van der Waals surface area contributed by atoms with Crippen LogP contribution in [0.3, 0.4) is 0 Å². The van der Waals surface area contributed by atoms with Gasteiger partial charge in [0.05, 0.1) is 21.2 Å².